The van der Waals surface area contributed by atoms with E-state index in [1.807, 2.05) is 0 Å². The van der Waals surface area contributed by atoms with Crippen LogP contribution < -0.4 is 4.90 Å². The molecule has 0 amide bonds. The zero-order chi connectivity index (χ0) is 17.9. The van der Waals surface area contributed by atoms with Gasteiger partial charge in [0.1, 0.15) is 5.82 Å². The van der Waals surface area contributed by atoms with Gasteiger partial charge in [-0.1, -0.05) is 53.4 Å². The molecule has 24 heavy (non-hydrogen) atoms. The van der Waals surface area contributed by atoms with Crippen LogP contribution in [0.1, 0.15) is 72.6 Å². The molecule has 0 radical (unpaired) electrons. The highest BCUT2D eigenvalue weighted by atomic mass is 19.1. The molecule has 0 aliphatic rings. The first kappa shape index (κ1) is 21.1. The summed E-state index contributed by atoms with van der Waals surface area (Å²) in [5.41, 5.74) is 0.622. The van der Waals surface area contributed by atoms with Crippen LogP contribution in [0.3, 0.4) is 0 Å². The van der Waals surface area contributed by atoms with Crippen LogP contribution in [0.5, 0.6) is 0 Å². The lowest BCUT2D eigenvalue weighted by molar-refractivity contribution is -0.838. The molecule has 3 atom stereocenters. The summed E-state index contributed by atoms with van der Waals surface area (Å²) in [5.74, 6) is 0.460. The largest absolute Gasteiger partial charge is 0.300 e. The van der Waals surface area contributed by atoms with Crippen LogP contribution in [-0.2, 0) is 0 Å². The molecule has 3 heteroatoms. The SMILES string of the molecule is CCCC[NH+](CC(C)CCC(CC)CCC)c1ccc(F)cc1F. The number of rotatable bonds is 12. The first-order valence-corrected chi connectivity index (χ1v) is 9.81. The Morgan fingerprint density at radius 2 is 1.75 bits per heavy atom. The molecular weight excluding hydrogens is 304 g/mol. The number of quaternary nitrogens is 1. The predicted molar refractivity (Wildman–Crippen MR) is 98.7 cm³/mol. The van der Waals surface area contributed by atoms with Gasteiger partial charge in [-0.25, -0.2) is 8.78 Å². The molecule has 1 nitrogen and oxygen atoms in total. The lowest BCUT2D eigenvalue weighted by atomic mass is 9.91. The van der Waals surface area contributed by atoms with E-state index in [2.05, 4.69) is 27.7 Å². The molecular formula is C21H36F2N+. The fourth-order valence-electron chi connectivity index (χ4n) is 3.52. The van der Waals surface area contributed by atoms with Crippen molar-refractivity contribution >= 4 is 5.69 Å². The molecule has 0 spiro atoms. The van der Waals surface area contributed by atoms with Crippen molar-refractivity contribution in [1.82, 2.24) is 0 Å². The van der Waals surface area contributed by atoms with Crippen molar-refractivity contribution in [2.75, 3.05) is 13.1 Å². The van der Waals surface area contributed by atoms with E-state index in [4.69, 9.17) is 0 Å². The first-order chi connectivity index (χ1) is 11.5. The fourth-order valence-corrected chi connectivity index (χ4v) is 3.52. The number of hydrogen-bond donors (Lipinski definition) is 1. The van der Waals surface area contributed by atoms with Gasteiger partial charge in [0.25, 0.3) is 0 Å². The molecule has 0 aromatic heterocycles. The monoisotopic (exact) mass is 340 g/mol. The van der Waals surface area contributed by atoms with Gasteiger partial charge in [-0.3, -0.25) is 4.90 Å². The molecule has 1 N–H and O–H groups in total. The minimum absolute atomic E-state index is 0.411. The van der Waals surface area contributed by atoms with Crippen LogP contribution >= 0.6 is 0 Å². The average Bonchev–Trinajstić information content (AvgIpc) is 2.55. The Bertz CT molecular complexity index is 461. The van der Waals surface area contributed by atoms with Gasteiger partial charge in [-0.05, 0) is 31.2 Å². The summed E-state index contributed by atoms with van der Waals surface area (Å²) in [6, 6.07) is 4.01. The van der Waals surface area contributed by atoms with Crippen LogP contribution in [-0.4, -0.2) is 13.1 Å². The van der Waals surface area contributed by atoms with Crippen molar-refractivity contribution in [2.45, 2.75) is 72.6 Å². The molecule has 0 aliphatic heterocycles. The number of benzene rings is 1. The van der Waals surface area contributed by atoms with Gasteiger partial charge in [-0.2, -0.15) is 0 Å². The van der Waals surface area contributed by atoms with E-state index < -0.39 is 11.6 Å². The molecule has 0 saturated heterocycles. The maximum atomic E-state index is 14.2. The van der Waals surface area contributed by atoms with Crippen molar-refractivity contribution in [3.63, 3.8) is 0 Å². The lowest BCUT2D eigenvalue weighted by Gasteiger charge is -2.24. The van der Waals surface area contributed by atoms with E-state index in [9.17, 15) is 8.78 Å². The van der Waals surface area contributed by atoms with Gasteiger partial charge in [0.05, 0.1) is 13.1 Å². The van der Waals surface area contributed by atoms with Crippen LogP contribution in [0, 0.1) is 23.5 Å². The van der Waals surface area contributed by atoms with Crippen molar-refractivity contribution in [3.8, 4) is 0 Å². The van der Waals surface area contributed by atoms with E-state index >= 15 is 0 Å². The Hall–Kier alpha value is -0.960. The number of halogens is 2. The second-order valence-corrected chi connectivity index (χ2v) is 7.28. The molecule has 138 valence electrons. The Balaban J connectivity index is 2.67. The summed E-state index contributed by atoms with van der Waals surface area (Å²) < 4.78 is 27.4. The maximum Gasteiger partial charge on any atom is 0.186 e. The lowest BCUT2D eigenvalue weighted by Crippen LogP contribution is -3.08. The number of unbranched alkanes of at least 4 members (excludes halogenated alkanes) is 1. The molecule has 3 unspecified atom stereocenters. The van der Waals surface area contributed by atoms with Crippen molar-refractivity contribution in [1.29, 1.82) is 0 Å². The van der Waals surface area contributed by atoms with E-state index in [1.165, 1.54) is 38.2 Å². The van der Waals surface area contributed by atoms with Gasteiger partial charge in [-0.15, -0.1) is 0 Å². The van der Waals surface area contributed by atoms with Crippen molar-refractivity contribution in [3.05, 3.63) is 29.8 Å². The topological polar surface area (TPSA) is 4.44 Å². The van der Waals surface area contributed by atoms with Crippen molar-refractivity contribution in [2.24, 2.45) is 11.8 Å². The molecule has 1 aromatic carbocycles. The third-order valence-electron chi connectivity index (χ3n) is 5.08. The third kappa shape index (κ3) is 7.29. The molecule has 0 heterocycles. The van der Waals surface area contributed by atoms with Crippen LogP contribution in [0.25, 0.3) is 0 Å². The Labute approximate surface area is 147 Å². The molecule has 0 saturated carbocycles. The highest BCUT2D eigenvalue weighted by Crippen LogP contribution is 2.20. The summed E-state index contributed by atoms with van der Waals surface area (Å²) in [5, 5.41) is 0. The van der Waals surface area contributed by atoms with Crippen LogP contribution in [0.4, 0.5) is 14.5 Å². The zero-order valence-corrected chi connectivity index (χ0v) is 16.0. The normalized spacial score (nSPS) is 15.2. The summed E-state index contributed by atoms with van der Waals surface area (Å²) in [4.78, 5) is 1.16. The van der Waals surface area contributed by atoms with E-state index in [0.29, 0.717) is 11.6 Å². The standard InChI is InChI=1S/C21H35F2N/c1-5-8-14-24(21-13-12-19(22)15-20(21)23)16-17(4)10-11-18(7-3)9-6-2/h12-13,15,17-18H,5-11,14,16H2,1-4H3/p+1. The van der Waals surface area contributed by atoms with E-state index in [0.717, 1.165) is 42.8 Å². The average molecular weight is 341 g/mol. The number of nitrogens with one attached hydrogen (secondary N) is 1. The molecule has 0 fully saturated rings. The summed E-state index contributed by atoms with van der Waals surface area (Å²) in [6.45, 7) is 10.8. The Morgan fingerprint density at radius 3 is 2.33 bits per heavy atom. The first-order valence-electron chi connectivity index (χ1n) is 9.81. The van der Waals surface area contributed by atoms with E-state index in [-0.39, 0.29) is 0 Å². The minimum Gasteiger partial charge on any atom is -0.300 e. The summed E-state index contributed by atoms with van der Waals surface area (Å²) in [6.07, 6.45) is 8.42. The maximum absolute atomic E-state index is 14.2. The van der Waals surface area contributed by atoms with E-state index in [1.54, 1.807) is 6.07 Å². The van der Waals surface area contributed by atoms with Gasteiger partial charge in [0, 0.05) is 18.1 Å². The summed E-state index contributed by atoms with van der Waals surface area (Å²) in [7, 11) is 0. The second-order valence-electron chi connectivity index (χ2n) is 7.28. The van der Waals surface area contributed by atoms with Crippen LogP contribution in [0.2, 0.25) is 0 Å². The zero-order valence-electron chi connectivity index (χ0n) is 16.0. The van der Waals surface area contributed by atoms with Gasteiger partial charge >= 0.3 is 0 Å². The minimum atomic E-state index is -0.496. The third-order valence-corrected chi connectivity index (χ3v) is 5.08. The summed E-state index contributed by atoms with van der Waals surface area (Å²) >= 11 is 0. The smallest absolute Gasteiger partial charge is 0.186 e. The molecule has 1 aromatic rings. The molecule has 1 rings (SSSR count). The number of hydrogen-bond acceptors (Lipinski definition) is 0. The van der Waals surface area contributed by atoms with Crippen molar-refractivity contribution < 1.29 is 13.7 Å². The highest BCUT2D eigenvalue weighted by Gasteiger charge is 2.20. The van der Waals surface area contributed by atoms with Gasteiger partial charge < -0.3 is 0 Å². The van der Waals surface area contributed by atoms with Gasteiger partial charge in [0.2, 0.25) is 0 Å². The second kappa shape index (κ2) is 11.6. The molecule has 0 aliphatic carbocycles. The van der Waals surface area contributed by atoms with Crippen LogP contribution in [0.15, 0.2) is 18.2 Å². The fraction of sp³-hybridized carbons (Fsp3) is 0.714. The Kier molecular flexibility index (Phi) is 10.2. The Morgan fingerprint density at radius 1 is 1.00 bits per heavy atom. The quantitative estimate of drug-likeness (QED) is 0.511. The molecule has 0 bridgehead atoms. The predicted octanol–water partition coefficient (Wildman–Crippen LogP) is 5.52. The van der Waals surface area contributed by atoms with Gasteiger partial charge in [0.15, 0.2) is 11.5 Å². The highest BCUT2D eigenvalue weighted by molar-refractivity contribution is 5.31.